The van der Waals surface area contributed by atoms with Crippen LogP contribution in [0.4, 0.5) is 0 Å². The van der Waals surface area contributed by atoms with E-state index in [1.807, 2.05) is 0 Å². The minimum absolute atomic E-state index is 0. The molecule has 1 radical (unpaired) electrons. The van der Waals surface area contributed by atoms with Crippen LogP contribution in [0.25, 0.3) is 0 Å². The molecule has 1 rings (SSSR count). The van der Waals surface area contributed by atoms with Crippen molar-refractivity contribution in [3.8, 4) is 0 Å². The molecule has 0 aromatic heterocycles. The van der Waals surface area contributed by atoms with Gasteiger partial charge in [0.05, 0.1) is 19.6 Å². The van der Waals surface area contributed by atoms with Crippen LogP contribution in [0.1, 0.15) is 26.3 Å². The van der Waals surface area contributed by atoms with Crippen molar-refractivity contribution in [3.63, 3.8) is 0 Å². The topological polar surface area (TPSA) is 0 Å². The second kappa shape index (κ2) is 9.49. The summed E-state index contributed by atoms with van der Waals surface area (Å²) in [7, 11) is 0. The van der Waals surface area contributed by atoms with E-state index in [0.29, 0.717) is 0 Å². The number of nitrogens with zero attached hydrogens (tertiary/aromatic N) is 1. The van der Waals surface area contributed by atoms with Crippen LogP contribution in [0.5, 0.6) is 0 Å². The molecule has 1 aromatic carbocycles. The average molecular weight is 251 g/mol. The summed E-state index contributed by atoms with van der Waals surface area (Å²) in [6.45, 7) is 11.7. The Morgan fingerprint density at radius 1 is 0.875 bits per heavy atom. The van der Waals surface area contributed by atoms with E-state index >= 15 is 0 Å². The summed E-state index contributed by atoms with van der Waals surface area (Å²) in [5.74, 6) is 0. The van der Waals surface area contributed by atoms with Crippen molar-refractivity contribution >= 4 is 29.6 Å². The number of rotatable bonds is 5. The fourth-order valence-electron chi connectivity index (χ4n) is 1.98. The quantitative estimate of drug-likeness (QED) is 0.497. The third kappa shape index (κ3) is 5.20. The Morgan fingerprint density at radius 3 is 1.69 bits per heavy atom. The van der Waals surface area contributed by atoms with Crippen molar-refractivity contribution < 1.29 is 16.9 Å². The van der Waals surface area contributed by atoms with E-state index in [1.54, 1.807) is 0 Å². The largest absolute Gasteiger partial charge is 1.00 e. The van der Waals surface area contributed by atoms with Crippen LogP contribution in [0, 0.1) is 0 Å². The molecule has 0 aliphatic carbocycles. The van der Waals surface area contributed by atoms with E-state index in [-0.39, 0.29) is 42.0 Å². The van der Waals surface area contributed by atoms with Crippen LogP contribution in [-0.2, 0) is 6.54 Å². The molecule has 0 saturated carbocycles. The molecule has 3 heteroatoms. The van der Waals surface area contributed by atoms with Gasteiger partial charge >= 0.3 is 0 Å². The van der Waals surface area contributed by atoms with Crippen molar-refractivity contribution in [1.29, 1.82) is 0 Å². The maximum atomic E-state index is 2.29. The van der Waals surface area contributed by atoms with Crippen LogP contribution in [0.3, 0.4) is 0 Å². The summed E-state index contributed by atoms with van der Waals surface area (Å²) < 4.78 is 1.20. The molecule has 16 heavy (non-hydrogen) atoms. The molecule has 0 fully saturated rings. The molecule has 0 N–H and O–H groups in total. The van der Waals surface area contributed by atoms with Crippen molar-refractivity contribution in [3.05, 3.63) is 35.9 Å². The van der Waals surface area contributed by atoms with E-state index in [4.69, 9.17) is 0 Å². The Kier molecular flexibility index (Phi) is 11.2. The number of halogens is 1. The summed E-state index contributed by atoms with van der Waals surface area (Å²) in [5, 5.41) is 0. The van der Waals surface area contributed by atoms with Crippen LogP contribution in [-0.4, -0.2) is 53.7 Å². The molecule has 87 valence electrons. The van der Waals surface area contributed by atoms with Crippen molar-refractivity contribution in [2.75, 3.05) is 19.6 Å². The first-order valence-electron chi connectivity index (χ1n) is 5.65. The van der Waals surface area contributed by atoms with Gasteiger partial charge in [0.15, 0.2) is 0 Å². The first-order valence-corrected chi connectivity index (χ1v) is 5.65. The molecule has 0 heterocycles. The number of hydrogen-bond acceptors (Lipinski definition) is 0. The van der Waals surface area contributed by atoms with Gasteiger partial charge < -0.3 is 16.9 Å². The smallest absolute Gasteiger partial charge is 0.104 e. The van der Waals surface area contributed by atoms with Gasteiger partial charge in [0.1, 0.15) is 6.54 Å². The first kappa shape index (κ1) is 18.8. The van der Waals surface area contributed by atoms with Gasteiger partial charge in [-0.2, -0.15) is 0 Å². The second-order valence-corrected chi connectivity index (χ2v) is 3.93. The Bertz CT molecular complexity index is 252. The predicted octanol–water partition coefficient (Wildman–Crippen LogP) is -0.314. The zero-order valence-electron chi connectivity index (χ0n) is 11.0. The first-order chi connectivity index (χ1) is 6.76. The zero-order chi connectivity index (χ0) is 10.4. The van der Waals surface area contributed by atoms with E-state index in [1.165, 1.54) is 36.2 Å². The molecule has 0 saturated heterocycles. The molecule has 0 bridgehead atoms. The number of benzene rings is 1. The molecule has 0 aliphatic rings. The fraction of sp³-hybridized carbons (Fsp3) is 0.538. The molecule has 1 nitrogen and oxygen atoms in total. The molecular weight excluding hydrogens is 229 g/mol. The summed E-state index contributed by atoms with van der Waals surface area (Å²) in [5.41, 5.74) is 1.46. The summed E-state index contributed by atoms with van der Waals surface area (Å²) >= 11 is 0. The third-order valence-electron chi connectivity index (χ3n) is 3.37. The van der Waals surface area contributed by atoms with Gasteiger partial charge in [-0.15, -0.1) is 0 Å². The third-order valence-corrected chi connectivity index (χ3v) is 3.37. The van der Waals surface area contributed by atoms with Gasteiger partial charge in [-0.1, -0.05) is 30.3 Å². The summed E-state index contributed by atoms with van der Waals surface area (Å²) in [6, 6.07) is 10.8. The maximum absolute atomic E-state index is 2.29. The minimum atomic E-state index is 0. The number of quaternary nitrogens is 1. The van der Waals surface area contributed by atoms with Gasteiger partial charge in [-0.25, -0.2) is 0 Å². The van der Waals surface area contributed by atoms with Gasteiger partial charge in [0.25, 0.3) is 0 Å². The molecule has 0 aliphatic heterocycles. The SMILES string of the molecule is CC[N+](CC)(CC)Cc1ccccc1.[Cl-].[Na]. The Labute approximate surface area is 129 Å². The standard InChI is InChI=1S/C13H22N.ClH.Na/c1-4-14(5-2,6-3)12-13-10-8-7-9-11-13;;/h7-11H,4-6,12H2,1-3H3;1H;/q+1;;/p-1. The van der Waals surface area contributed by atoms with E-state index in [2.05, 4.69) is 51.1 Å². The van der Waals surface area contributed by atoms with Crippen molar-refractivity contribution in [2.24, 2.45) is 0 Å². The van der Waals surface area contributed by atoms with E-state index in [0.717, 1.165) is 0 Å². The van der Waals surface area contributed by atoms with Crippen molar-refractivity contribution in [1.82, 2.24) is 0 Å². The van der Waals surface area contributed by atoms with Crippen LogP contribution in [0.2, 0.25) is 0 Å². The van der Waals surface area contributed by atoms with Crippen LogP contribution < -0.4 is 12.4 Å². The Hall–Kier alpha value is 0.470. The number of hydrogen-bond donors (Lipinski definition) is 0. The van der Waals surface area contributed by atoms with E-state index < -0.39 is 0 Å². The van der Waals surface area contributed by atoms with Crippen molar-refractivity contribution in [2.45, 2.75) is 27.3 Å². The molecule has 0 atom stereocenters. The van der Waals surface area contributed by atoms with E-state index in [9.17, 15) is 0 Å². The Balaban J connectivity index is 0. The van der Waals surface area contributed by atoms with Gasteiger partial charge in [-0.05, 0) is 20.8 Å². The van der Waals surface area contributed by atoms with Crippen LogP contribution in [0.15, 0.2) is 30.3 Å². The van der Waals surface area contributed by atoms with Crippen LogP contribution >= 0.6 is 0 Å². The molecular formula is C13H22ClNNa. The van der Waals surface area contributed by atoms with Gasteiger partial charge in [0.2, 0.25) is 0 Å². The van der Waals surface area contributed by atoms with Gasteiger partial charge in [-0.3, -0.25) is 0 Å². The molecule has 0 amide bonds. The fourth-order valence-corrected chi connectivity index (χ4v) is 1.98. The second-order valence-electron chi connectivity index (χ2n) is 3.93. The molecule has 1 aromatic rings. The molecule has 0 unspecified atom stereocenters. The maximum Gasteiger partial charge on any atom is 0.104 e. The average Bonchev–Trinajstić information content (AvgIpc) is 2.28. The summed E-state index contributed by atoms with van der Waals surface area (Å²) in [6.07, 6.45) is 0. The van der Waals surface area contributed by atoms with Gasteiger partial charge in [0, 0.05) is 35.1 Å². The monoisotopic (exact) mass is 250 g/mol. The Morgan fingerprint density at radius 2 is 1.31 bits per heavy atom. The summed E-state index contributed by atoms with van der Waals surface area (Å²) in [4.78, 5) is 0. The predicted molar refractivity (Wildman–Crippen MR) is 67.8 cm³/mol. The molecule has 0 spiro atoms. The zero-order valence-corrected chi connectivity index (χ0v) is 13.8. The normalized spacial score (nSPS) is 10.2. The minimum Gasteiger partial charge on any atom is -1.00 e.